The summed E-state index contributed by atoms with van der Waals surface area (Å²) in [5.41, 5.74) is 0.860. The Morgan fingerprint density at radius 2 is 1.97 bits per heavy atom. The minimum absolute atomic E-state index is 0.00497. The normalized spacial score (nSPS) is 23.0. The van der Waals surface area contributed by atoms with Crippen LogP contribution in [0, 0.1) is 5.92 Å². The van der Waals surface area contributed by atoms with Crippen LogP contribution in [0.25, 0.3) is 0 Å². The zero-order chi connectivity index (χ0) is 25.3. The van der Waals surface area contributed by atoms with E-state index in [1.165, 1.54) is 23.4 Å². The standard InChI is InChI=1S/C24H26Cl2N4O4S/c1-3-16-13-29(14-17-7-4-5-10-27-17)24(32)22-9-6-8-21(16)30(22)35(33,34)18-11-19(25)23(20(26)12-18)28-15(2)31/h3-5,7,10-12,16,21-22H,1,6,8-9,13-14H2,2H3,(H,28,31)/t16-,21?,22?/m0/s1. The predicted octanol–water partition coefficient (Wildman–Crippen LogP) is 4.10. The average molecular weight is 537 g/mol. The van der Waals surface area contributed by atoms with E-state index in [0.717, 1.165) is 12.1 Å². The SMILES string of the molecule is C=C[C@H]1CN(Cc2ccccn2)C(=O)C2CCCC1N2S(=O)(=O)c1cc(Cl)c(NC(C)=O)c(Cl)c1. The number of fused-ring (bicyclic) bond motifs is 2. The summed E-state index contributed by atoms with van der Waals surface area (Å²) in [6.07, 6.45) is 5.11. The minimum atomic E-state index is -4.17. The van der Waals surface area contributed by atoms with Crippen molar-refractivity contribution in [3.8, 4) is 0 Å². The summed E-state index contributed by atoms with van der Waals surface area (Å²) in [5.74, 6) is -0.924. The summed E-state index contributed by atoms with van der Waals surface area (Å²) in [5, 5.41) is 2.50. The van der Waals surface area contributed by atoms with Crippen LogP contribution in [-0.2, 0) is 26.2 Å². The molecule has 2 aliphatic heterocycles. The number of hydrogen-bond acceptors (Lipinski definition) is 5. The lowest BCUT2D eigenvalue weighted by Gasteiger charge is -2.40. The number of amides is 2. The molecular weight excluding hydrogens is 511 g/mol. The molecule has 1 aromatic heterocycles. The molecule has 8 nitrogen and oxygen atoms in total. The first-order valence-corrected chi connectivity index (χ1v) is 13.4. The molecule has 2 bridgehead atoms. The molecule has 186 valence electrons. The number of aromatic nitrogens is 1. The fourth-order valence-electron chi connectivity index (χ4n) is 4.84. The van der Waals surface area contributed by atoms with Crippen molar-refractivity contribution < 1.29 is 18.0 Å². The zero-order valence-electron chi connectivity index (χ0n) is 19.2. The van der Waals surface area contributed by atoms with Crippen LogP contribution < -0.4 is 5.32 Å². The van der Waals surface area contributed by atoms with Crippen molar-refractivity contribution in [3.63, 3.8) is 0 Å². The van der Waals surface area contributed by atoms with Gasteiger partial charge < -0.3 is 10.2 Å². The highest BCUT2D eigenvalue weighted by Gasteiger charge is 2.49. The Morgan fingerprint density at radius 1 is 1.26 bits per heavy atom. The zero-order valence-corrected chi connectivity index (χ0v) is 21.5. The van der Waals surface area contributed by atoms with Crippen molar-refractivity contribution in [2.45, 2.75) is 49.7 Å². The average Bonchev–Trinajstić information content (AvgIpc) is 2.89. The smallest absolute Gasteiger partial charge is 0.244 e. The van der Waals surface area contributed by atoms with E-state index in [1.54, 1.807) is 23.2 Å². The molecule has 4 rings (SSSR count). The fourth-order valence-corrected chi connectivity index (χ4v) is 7.48. The first kappa shape index (κ1) is 25.6. The highest BCUT2D eigenvalue weighted by molar-refractivity contribution is 7.89. The van der Waals surface area contributed by atoms with Gasteiger partial charge in [0.2, 0.25) is 21.8 Å². The number of halogens is 2. The van der Waals surface area contributed by atoms with Gasteiger partial charge in [0.1, 0.15) is 6.04 Å². The van der Waals surface area contributed by atoms with Crippen LogP contribution >= 0.6 is 23.2 Å². The number of pyridine rings is 1. The van der Waals surface area contributed by atoms with Gasteiger partial charge in [0.15, 0.2) is 0 Å². The Bertz CT molecular complexity index is 1230. The molecule has 35 heavy (non-hydrogen) atoms. The van der Waals surface area contributed by atoms with E-state index in [2.05, 4.69) is 16.9 Å². The minimum Gasteiger partial charge on any atom is -0.335 e. The van der Waals surface area contributed by atoms with Gasteiger partial charge in [-0.3, -0.25) is 14.6 Å². The molecule has 0 aliphatic carbocycles. The number of carbonyl (C=O) groups excluding carboxylic acids is 2. The summed E-state index contributed by atoms with van der Waals surface area (Å²) in [6.45, 7) is 5.86. The van der Waals surface area contributed by atoms with Crippen LogP contribution in [0.2, 0.25) is 10.0 Å². The quantitative estimate of drug-likeness (QED) is 0.560. The molecule has 1 N–H and O–H groups in total. The van der Waals surface area contributed by atoms with Crippen LogP contribution in [-0.4, -0.2) is 53.0 Å². The van der Waals surface area contributed by atoms with Crippen molar-refractivity contribution in [2.75, 3.05) is 11.9 Å². The molecule has 2 fully saturated rings. The van der Waals surface area contributed by atoms with E-state index < -0.39 is 22.1 Å². The number of hydrogen-bond donors (Lipinski definition) is 1. The fraction of sp³-hybridized carbons (Fsp3) is 0.375. The van der Waals surface area contributed by atoms with Crippen LogP contribution in [0.4, 0.5) is 5.69 Å². The number of piperidine rings is 1. The highest BCUT2D eigenvalue weighted by Crippen LogP contribution is 2.40. The second-order valence-corrected chi connectivity index (χ2v) is 11.4. The molecule has 0 saturated carbocycles. The molecular formula is C24H26Cl2N4O4S. The van der Waals surface area contributed by atoms with Gasteiger partial charge in [-0.1, -0.05) is 35.3 Å². The maximum atomic E-state index is 14.0. The van der Waals surface area contributed by atoms with Crippen LogP contribution in [0.3, 0.4) is 0 Å². The molecule has 0 spiro atoms. The predicted molar refractivity (Wildman–Crippen MR) is 135 cm³/mol. The van der Waals surface area contributed by atoms with E-state index in [1.807, 2.05) is 12.1 Å². The number of rotatable bonds is 6. The van der Waals surface area contributed by atoms with E-state index in [0.29, 0.717) is 19.4 Å². The van der Waals surface area contributed by atoms with Crippen molar-refractivity contribution in [1.29, 1.82) is 0 Å². The Kier molecular flexibility index (Phi) is 7.51. The summed E-state index contributed by atoms with van der Waals surface area (Å²) < 4.78 is 29.3. The number of anilines is 1. The molecule has 2 amide bonds. The summed E-state index contributed by atoms with van der Waals surface area (Å²) >= 11 is 12.6. The lowest BCUT2D eigenvalue weighted by atomic mass is 9.90. The number of sulfonamides is 1. The Hall–Kier alpha value is -2.46. The van der Waals surface area contributed by atoms with Gasteiger partial charge in [-0.25, -0.2) is 8.42 Å². The topological polar surface area (TPSA) is 99.7 Å². The van der Waals surface area contributed by atoms with Gasteiger partial charge in [-0.15, -0.1) is 6.58 Å². The molecule has 1 aromatic carbocycles. The largest absolute Gasteiger partial charge is 0.335 e. The second kappa shape index (κ2) is 10.3. The monoisotopic (exact) mass is 536 g/mol. The first-order valence-electron chi connectivity index (χ1n) is 11.2. The lowest BCUT2D eigenvalue weighted by Crippen LogP contribution is -2.54. The van der Waals surface area contributed by atoms with Crippen molar-refractivity contribution in [3.05, 3.63) is 64.9 Å². The summed E-state index contributed by atoms with van der Waals surface area (Å²) in [4.78, 5) is 31.0. The molecule has 2 aromatic rings. The van der Waals surface area contributed by atoms with Crippen molar-refractivity contribution in [2.24, 2.45) is 5.92 Å². The van der Waals surface area contributed by atoms with Crippen LogP contribution in [0.1, 0.15) is 31.9 Å². The third-order valence-electron chi connectivity index (χ3n) is 6.41. The van der Waals surface area contributed by atoms with Crippen LogP contribution in [0.15, 0.2) is 54.1 Å². The van der Waals surface area contributed by atoms with E-state index in [9.17, 15) is 18.0 Å². The third-order valence-corrected chi connectivity index (χ3v) is 8.92. The van der Waals surface area contributed by atoms with E-state index >= 15 is 0 Å². The highest BCUT2D eigenvalue weighted by atomic mass is 35.5. The van der Waals surface area contributed by atoms with Gasteiger partial charge in [0, 0.05) is 31.6 Å². The second-order valence-electron chi connectivity index (χ2n) is 8.73. The Labute approximate surface area is 215 Å². The number of nitrogens with zero attached hydrogens (tertiary/aromatic N) is 3. The Morgan fingerprint density at radius 3 is 2.57 bits per heavy atom. The number of carbonyl (C=O) groups is 2. The van der Waals surface area contributed by atoms with Crippen molar-refractivity contribution >= 4 is 50.7 Å². The summed E-state index contributed by atoms with van der Waals surface area (Å²) in [7, 11) is -4.17. The first-order chi connectivity index (χ1) is 16.6. The lowest BCUT2D eigenvalue weighted by molar-refractivity contribution is -0.135. The van der Waals surface area contributed by atoms with Gasteiger partial charge >= 0.3 is 0 Å². The number of nitrogens with one attached hydrogen (secondary N) is 1. The molecule has 3 heterocycles. The third kappa shape index (κ3) is 5.09. The van der Waals surface area contributed by atoms with Crippen molar-refractivity contribution in [1.82, 2.24) is 14.2 Å². The maximum absolute atomic E-state index is 14.0. The Balaban J connectivity index is 1.75. The molecule has 2 aliphatic rings. The van der Waals surface area contributed by atoms with Crippen LogP contribution in [0.5, 0.6) is 0 Å². The molecule has 2 unspecified atom stereocenters. The van der Waals surface area contributed by atoms with Gasteiger partial charge in [-0.05, 0) is 43.5 Å². The summed E-state index contributed by atoms with van der Waals surface area (Å²) in [6, 6.07) is 6.70. The molecule has 0 radical (unpaired) electrons. The molecule has 2 saturated heterocycles. The molecule has 11 heteroatoms. The van der Waals surface area contributed by atoms with Gasteiger partial charge in [-0.2, -0.15) is 4.31 Å². The number of benzene rings is 1. The van der Waals surface area contributed by atoms with Gasteiger partial charge in [0.25, 0.3) is 0 Å². The van der Waals surface area contributed by atoms with Gasteiger partial charge in [0.05, 0.1) is 32.9 Å². The van der Waals surface area contributed by atoms with E-state index in [-0.39, 0.29) is 44.9 Å². The maximum Gasteiger partial charge on any atom is 0.244 e. The molecule has 3 atom stereocenters. The van der Waals surface area contributed by atoms with E-state index in [4.69, 9.17) is 23.2 Å².